The number of benzene rings is 2. The molecule has 0 bridgehead atoms. The van der Waals surface area contributed by atoms with E-state index in [-0.39, 0.29) is 0 Å². The molecule has 0 aromatic heterocycles. The van der Waals surface area contributed by atoms with Gasteiger partial charge >= 0.3 is 0 Å². The van der Waals surface area contributed by atoms with Gasteiger partial charge in [-0.25, -0.2) is 0 Å². The molecule has 2 rings (SSSR count). The van der Waals surface area contributed by atoms with Crippen LogP contribution in [0.4, 0.5) is 5.69 Å². The van der Waals surface area contributed by atoms with Gasteiger partial charge in [0.25, 0.3) is 0 Å². The number of anilines is 1. The van der Waals surface area contributed by atoms with Gasteiger partial charge in [-0.1, -0.05) is 19.1 Å². The van der Waals surface area contributed by atoms with Crippen molar-refractivity contribution in [1.82, 2.24) is 0 Å². The summed E-state index contributed by atoms with van der Waals surface area (Å²) in [6.45, 7) is 3.05. The van der Waals surface area contributed by atoms with Crippen LogP contribution in [0.3, 0.4) is 0 Å². The summed E-state index contributed by atoms with van der Waals surface area (Å²) in [5.41, 5.74) is 3.70. The Hall–Kier alpha value is -2.16. The van der Waals surface area contributed by atoms with Crippen molar-refractivity contribution in [2.75, 3.05) is 26.1 Å². The third-order valence-electron chi connectivity index (χ3n) is 3.56. The number of hydrogen-bond acceptors (Lipinski definition) is 3. The maximum absolute atomic E-state index is 5.36. The van der Waals surface area contributed by atoms with Crippen molar-refractivity contribution >= 4 is 5.69 Å². The van der Waals surface area contributed by atoms with Crippen molar-refractivity contribution in [2.45, 2.75) is 19.8 Å². The first-order valence-corrected chi connectivity index (χ1v) is 7.30. The van der Waals surface area contributed by atoms with E-state index in [4.69, 9.17) is 9.47 Å². The second-order valence-corrected chi connectivity index (χ2v) is 4.91. The molecule has 3 heteroatoms. The molecule has 0 spiro atoms. The van der Waals surface area contributed by atoms with Crippen LogP contribution in [-0.2, 0) is 12.8 Å². The minimum absolute atomic E-state index is 0.878. The zero-order valence-electron chi connectivity index (χ0n) is 13.0. The minimum atomic E-state index is 0.878. The summed E-state index contributed by atoms with van der Waals surface area (Å²) in [6.07, 6.45) is 1.98. The van der Waals surface area contributed by atoms with Crippen LogP contribution in [0, 0.1) is 0 Å². The van der Waals surface area contributed by atoms with Gasteiger partial charge in [0, 0.05) is 12.2 Å². The van der Waals surface area contributed by atoms with Crippen LogP contribution < -0.4 is 14.8 Å². The van der Waals surface area contributed by atoms with Crippen LogP contribution in [0.2, 0.25) is 0 Å². The van der Waals surface area contributed by atoms with Crippen LogP contribution in [-0.4, -0.2) is 20.8 Å². The van der Waals surface area contributed by atoms with Gasteiger partial charge in [-0.15, -0.1) is 0 Å². The van der Waals surface area contributed by atoms with Crippen molar-refractivity contribution in [3.05, 3.63) is 53.6 Å². The fourth-order valence-electron chi connectivity index (χ4n) is 2.32. The fourth-order valence-corrected chi connectivity index (χ4v) is 2.32. The molecule has 21 heavy (non-hydrogen) atoms. The zero-order chi connectivity index (χ0) is 15.1. The Morgan fingerprint density at radius 2 is 1.71 bits per heavy atom. The van der Waals surface area contributed by atoms with Crippen molar-refractivity contribution in [1.29, 1.82) is 0 Å². The Morgan fingerprint density at radius 3 is 2.33 bits per heavy atom. The zero-order valence-corrected chi connectivity index (χ0v) is 13.0. The molecule has 0 aliphatic heterocycles. The van der Waals surface area contributed by atoms with E-state index in [1.54, 1.807) is 14.2 Å². The topological polar surface area (TPSA) is 30.5 Å². The maximum Gasteiger partial charge on any atom is 0.122 e. The third-order valence-corrected chi connectivity index (χ3v) is 3.56. The van der Waals surface area contributed by atoms with Gasteiger partial charge in [0.15, 0.2) is 0 Å². The SMILES string of the molecule is CCc1cc(CCNc2ccc(OC)cc2)ccc1OC. The molecule has 0 unspecified atom stereocenters. The van der Waals surface area contributed by atoms with Crippen LogP contribution in [0.5, 0.6) is 11.5 Å². The highest BCUT2D eigenvalue weighted by Gasteiger charge is 2.02. The van der Waals surface area contributed by atoms with E-state index < -0.39 is 0 Å². The standard InChI is InChI=1S/C18H23NO2/c1-4-15-13-14(5-10-18(15)21-3)11-12-19-16-6-8-17(20-2)9-7-16/h5-10,13,19H,4,11-12H2,1-3H3. The molecule has 0 aliphatic rings. The number of nitrogens with one attached hydrogen (secondary N) is 1. The second-order valence-electron chi connectivity index (χ2n) is 4.91. The van der Waals surface area contributed by atoms with Gasteiger partial charge in [-0.2, -0.15) is 0 Å². The average molecular weight is 285 g/mol. The summed E-state index contributed by atoms with van der Waals surface area (Å²) < 4.78 is 10.5. The van der Waals surface area contributed by atoms with E-state index in [1.165, 1.54) is 11.1 Å². The van der Waals surface area contributed by atoms with Gasteiger partial charge in [-0.3, -0.25) is 0 Å². The summed E-state index contributed by atoms with van der Waals surface area (Å²) in [7, 11) is 3.40. The maximum atomic E-state index is 5.36. The number of rotatable bonds is 7. The molecule has 0 aliphatic carbocycles. The van der Waals surface area contributed by atoms with E-state index in [0.29, 0.717) is 0 Å². The Kier molecular flexibility index (Phi) is 5.50. The van der Waals surface area contributed by atoms with Crippen molar-refractivity contribution in [3.63, 3.8) is 0 Å². The van der Waals surface area contributed by atoms with Crippen molar-refractivity contribution in [3.8, 4) is 11.5 Å². The van der Waals surface area contributed by atoms with Crippen molar-refractivity contribution < 1.29 is 9.47 Å². The number of ether oxygens (including phenoxy) is 2. The minimum Gasteiger partial charge on any atom is -0.497 e. The summed E-state index contributed by atoms with van der Waals surface area (Å²) in [5.74, 6) is 1.85. The average Bonchev–Trinajstić information content (AvgIpc) is 2.55. The van der Waals surface area contributed by atoms with E-state index in [1.807, 2.05) is 24.3 Å². The summed E-state index contributed by atoms with van der Waals surface area (Å²) in [4.78, 5) is 0. The van der Waals surface area contributed by atoms with E-state index >= 15 is 0 Å². The normalized spacial score (nSPS) is 10.2. The van der Waals surface area contributed by atoms with Crippen molar-refractivity contribution in [2.24, 2.45) is 0 Å². The van der Waals surface area contributed by atoms with Gasteiger partial charge in [0.1, 0.15) is 11.5 Å². The molecule has 0 amide bonds. The molecule has 0 saturated heterocycles. The smallest absolute Gasteiger partial charge is 0.122 e. The van der Waals surface area contributed by atoms with Crippen LogP contribution in [0.1, 0.15) is 18.1 Å². The first-order chi connectivity index (χ1) is 10.3. The molecule has 0 atom stereocenters. The predicted molar refractivity (Wildman–Crippen MR) is 87.6 cm³/mol. The Morgan fingerprint density at radius 1 is 0.952 bits per heavy atom. The molecule has 2 aromatic rings. The molecule has 112 valence electrons. The molecule has 3 nitrogen and oxygen atoms in total. The highest BCUT2D eigenvalue weighted by Crippen LogP contribution is 2.21. The number of methoxy groups -OCH3 is 2. The molecule has 1 N–H and O–H groups in total. The Bertz CT molecular complexity index is 564. The molecule has 0 radical (unpaired) electrons. The quantitative estimate of drug-likeness (QED) is 0.836. The largest absolute Gasteiger partial charge is 0.497 e. The van der Waals surface area contributed by atoms with Gasteiger partial charge in [0.2, 0.25) is 0 Å². The monoisotopic (exact) mass is 285 g/mol. The molecule has 0 fully saturated rings. The fraction of sp³-hybridized carbons (Fsp3) is 0.333. The molecular formula is C18H23NO2. The molecule has 2 aromatic carbocycles. The van der Waals surface area contributed by atoms with Crippen LogP contribution >= 0.6 is 0 Å². The summed E-state index contributed by atoms with van der Waals surface area (Å²) in [5, 5.41) is 3.42. The lowest BCUT2D eigenvalue weighted by atomic mass is 10.1. The highest BCUT2D eigenvalue weighted by atomic mass is 16.5. The first-order valence-electron chi connectivity index (χ1n) is 7.30. The number of aryl methyl sites for hydroxylation is 1. The van der Waals surface area contributed by atoms with E-state index in [0.717, 1.165) is 36.6 Å². The lowest BCUT2D eigenvalue weighted by molar-refractivity contribution is 0.410. The lowest BCUT2D eigenvalue weighted by Crippen LogP contribution is -2.05. The summed E-state index contributed by atoms with van der Waals surface area (Å²) >= 11 is 0. The Labute approximate surface area is 126 Å². The summed E-state index contributed by atoms with van der Waals surface area (Å²) in [6, 6.07) is 14.4. The predicted octanol–water partition coefficient (Wildman–Crippen LogP) is 3.92. The van der Waals surface area contributed by atoms with Gasteiger partial charge in [-0.05, 0) is 54.3 Å². The van der Waals surface area contributed by atoms with Crippen LogP contribution in [0.25, 0.3) is 0 Å². The Balaban J connectivity index is 1.90. The molecule has 0 saturated carbocycles. The number of hydrogen-bond donors (Lipinski definition) is 1. The molecule has 0 heterocycles. The molecular weight excluding hydrogens is 262 g/mol. The van der Waals surface area contributed by atoms with Crippen LogP contribution in [0.15, 0.2) is 42.5 Å². The highest BCUT2D eigenvalue weighted by molar-refractivity contribution is 5.46. The first kappa shape index (κ1) is 15.2. The third kappa shape index (κ3) is 4.15. The van der Waals surface area contributed by atoms with Gasteiger partial charge < -0.3 is 14.8 Å². The van der Waals surface area contributed by atoms with E-state index in [2.05, 4.69) is 30.4 Å². The lowest BCUT2D eigenvalue weighted by Gasteiger charge is -2.10. The second kappa shape index (κ2) is 7.58. The van der Waals surface area contributed by atoms with Gasteiger partial charge in [0.05, 0.1) is 14.2 Å². The van der Waals surface area contributed by atoms with E-state index in [9.17, 15) is 0 Å².